The number of pyridine rings is 1. The number of hydrogen-bond donors (Lipinski definition) is 2. The fourth-order valence-corrected chi connectivity index (χ4v) is 3.10. The highest BCUT2D eigenvalue weighted by Gasteiger charge is 2.13. The number of aromatic nitrogens is 3. The molecular weight excluding hydrogens is 340 g/mol. The van der Waals surface area contributed by atoms with Crippen molar-refractivity contribution < 1.29 is 4.79 Å². The number of nitrogens with zero attached hydrogens (tertiary/aromatic N) is 2. The van der Waals surface area contributed by atoms with Crippen LogP contribution in [-0.2, 0) is 6.54 Å². The van der Waals surface area contributed by atoms with Gasteiger partial charge in [-0.25, -0.2) is 4.68 Å². The predicted molar refractivity (Wildman–Crippen MR) is 104 cm³/mol. The minimum Gasteiger partial charge on any atom is -0.347 e. The number of amides is 1. The highest BCUT2D eigenvalue weighted by atomic mass is 16.2. The molecule has 27 heavy (non-hydrogen) atoms. The molecule has 4 aromatic rings. The number of fused-ring (bicyclic) bond motifs is 1. The Labute approximate surface area is 155 Å². The van der Waals surface area contributed by atoms with Gasteiger partial charge in [-0.3, -0.25) is 19.7 Å². The highest BCUT2D eigenvalue weighted by molar-refractivity contribution is 5.92. The second-order valence-electron chi connectivity index (χ2n) is 6.29. The van der Waals surface area contributed by atoms with Crippen LogP contribution in [0.1, 0.15) is 21.6 Å². The third-order valence-corrected chi connectivity index (χ3v) is 4.54. The molecule has 0 spiro atoms. The number of benzene rings is 2. The molecule has 0 unspecified atom stereocenters. The summed E-state index contributed by atoms with van der Waals surface area (Å²) < 4.78 is 1.35. The smallest absolute Gasteiger partial charge is 0.271 e. The van der Waals surface area contributed by atoms with Crippen molar-refractivity contribution in [2.75, 3.05) is 0 Å². The number of aryl methyl sites for hydroxylation is 1. The normalized spacial score (nSPS) is 10.9. The van der Waals surface area contributed by atoms with E-state index in [1.165, 1.54) is 10.7 Å². The van der Waals surface area contributed by atoms with Crippen LogP contribution in [0.2, 0.25) is 0 Å². The second kappa shape index (κ2) is 6.92. The van der Waals surface area contributed by atoms with Gasteiger partial charge >= 0.3 is 0 Å². The van der Waals surface area contributed by atoms with Gasteiger partial charge in [-0.2, -0.15) is 0 Å². The van der Waals surface area contributed by atoms with E-state index in [2.05, 4.69) is 15.4 Å². The molecule has 0 aliphatic heterocycles. The first-order chi connectivity index (χ1) is 13.1. The van der Waals surface area contributed by atoms with E-state index in [1.54, 1.807) is 18.3 Å². The molecule has 0 aliphatic rings. The summed E-state index contributed by atoms with van der Waals surface area (Å²) in [5.74, 6) is -0.331. The van der Waals surface area contributed by atoms with Gasteiger partial charge in [-0.1, -0.05) is 30.3 Å². The molecule has 0 saturated heterocycles. The van der Waals surface area contributed by atoms with E-state index < -0.39 is 0 Å². The Morgan fingerprint density at radius 1 is 1.11 bits per heavy atom. The van der Waals surface area contributed by atoms with Crippen LogP contribution in [0.15, 0.2) is 71.7 Å². The minimum absolute atomic E-state index is 0.222. The Morgan fingerprint density at radius 2 is 1.93 bits per heavy atom. The molecule has 0 aliphatic carbocycles. The summed E-state index contributed by atoms with van der Waals surface area (Å²) >= 11 is 0. The van der Waals surface area contributed by atoms with Crippen LogP contribution in [-0.4, -0.2) is 20.7 Å². The van der Waals surface area contributed by atoms with E-state index >= 15 is 0 Å². The molecule has 6 nitrogen and oxygen atoms in total. The Hall–Kier alpha value is -3.67. The van der Waals surface area contributed by atoms with Gasteiger partial charge in [0.2, 0.25) is 0 Å². The van der Waals surface area contributed by atoms with Gasteiger partial charge in [0.05, 0.1) is 11.2 Å². The highest BCUT2D eigenvalue weighted by Crippen LogP contribution is 2.20. The van der Waals surface area contributed by atoms with Crippen LogP contribution in [0.4, 0.5) is 0 Å². The van der Waals surface area contributed by atoms with Crippen molar-refractivity contribution in [2.24, 2.45) is 0 Å². The Balaban J connectivity index is 1.58. The third kappa shape index (κ3) is 3.25. The number of aromatic amines is 1. The fourth-order valence-electron chi connectivity index (χ4n) is 3.10. The maximum Gasteiger partial charge on any atom is 0.271 e. The molecule has 0 bridgehead atoms. The maximum atomic E-state index is 12.6. The van der Waals surface area contributed by atoms with Gasteiger partial charge in [-0.05, 0) is 42.3 Å². The average molecular weight is 358 g/mol. The van der Waals surface area contributed by atoms with Crippen LogP contribution in [0.25, 0.3) is 16.6 Å². The summed E-state index contributed by atoms with van der Waals surface area (Å²) in [7, 11) is 0. The predicted octanol–water partition coefficient (Wildman–Crippen LogP) is 2.95. The number of H-pyrrole nitrogens is 1. The molecule has 1 amide bonds. The SMILES string of the molecule is Cc1ccc2ncccc2c1CNC(=O)c1cc(=O)n(-c2ccccc2)[nH]1. The number of carbonyl (C=O) groups excluding carboxylic acids is 1. The largest absolute Gasteiger partial charge is 0.347 e. The minimum atomic E-state index is -0.331. The first kappa shape index (κ1) is 16.8. The molecule has 2 aromatic carbocycles. The average Bonchev–Trinajstić information content (AvgIpc) is 3.09. The number of nitrogens with one attached hydrogen (secondary N) is 2. The zero-order valence-electron chi connectivity index (χ0n) is 14.8. The molecule has 134 valence electrons. The topological polar surface area (TPSA) is 79.8 Å². The summed E-state index contributed by atoms with van der Waals surface area (Å²) in [4.78, 5) is 29.1. The van der Waals surface area contributed by atoms with E-state index in [1.807, 2.05) is 49.4 Å². The van der Waals surface area contributed by atoms with Crippen molar-refractivity contribution in [3.8, 4) is 5.69 Å². The van der Waals surface area contributed by atoms with Crippen LogP contribution >= 0.6 is 0 Å². The second-order valence-corrected chi connectivity index (χ2v) is 6.29. The first-order valence-corrected chi connectivity index (χ1v) is 8.62. The summed E-state index contributed by atoms with van der Waals surface area (Å²) in [6.07, 6.45) is 1.75. The molecule has 6 heteroatoms. The molecule has 2 aromatic heterocycles. The van der Waals surface area contributed by atoms with Gasteiger partial charge in [0.25, 0.3) is 11.5 Å². The van der Waals surface area contributed by atoms with Crippen molar-refractivity contribution in [1.29, 1.82) is 0 Å². The van der Waals surface area contributed by atoms with Gasteiger partial charge in [-0.15, -0.1) is 0 Å². The van der Waals surface area contributed by atoms with Gasteiger partial charge in [0, 0.05) is 24.2 Å². The standard InChI is InChI=1S/C21H18N4O2/c1-14-9-10-18-16(8-5-11-22-18)17(14)13-23-21(27)19-12-20(26)25(24-19)15-6-3-2-4-7-15/h2-12,24H,13H2,1H3,(H,23,27). The quantitative estimate of drug-likeness (QED) is 0.589. The van der Waals surface area contributed by atoms with Gasteiger partial charge in [0.1, 0.15) is 5.69 Å². The van der Waals surface area contributed by atoms with E-state index in [0.29, 0.717) is 12.2 Å². The van der Waals surface area contributed by atoms with Crippen molar-refractivity contribution in [1.82, 2.24) is 20.1 Å². The molecule has 2 heterocycles. The van der Waals surface area contributed by atoms with Gasteiger partial charge in [0.15, 0.2) is 0 Å². The fraction of sp³-hybridized carbons (Fsp3) is 0.0952. The van der Waals surface area contributed by atoms with Crippen molar-refractivity contribution in [2.45, 2.75) is 13.5 Å². The zero-order valence-corrected chi connectivity index (χ0v) is 14.8. The van der Waals surface area contributed by atoms with Crippen LogP contribution in [0.5, 0.6) is 0 Å². The van der Waals surface area contributed by atoms with E-state index in [-0.39, 0.29) is 17.2 Å². The molecule has 0 atom stereocenters. The maximum absolute atomic E-state index is 12.6. The summed E-state index contributed by atoms with van der Waals surface area (Å²) in [6.45, 7) is 2.36. The lowest BCUT2D eigenvalue weighted by molar-refractivity contribution is 0.0945. The Morgan fingerprint density at radius 3 is 2.74 bits per heavy atom. The molecular formula is C21H18N4O2. The molecule has 2 N–H and O–H groups in total. The van der Waals surface area contributed by atoms with Crippen molar-refractivity contribution in [3.63, 3.8) is 0 Å². The van der Waals surface area contributed by atoms with E-state index in [9.17, 15) is 9.59 Å². The lowest BCUT2D eigenvalue weighted by atomic mass is 10.0. The van der Waals surface area contributed by atoms with E-state index in [4.69, 9.17) is 0 Å². The van der Waals surface area contributed by atoms with Crippen LogP contribution in [0.3, 0.4) is 0 Å². The lowest BCUT2D eigenvalue weighted by Crippen LogP contribution is -2.24. The lowest BCUT2D eigenvalue weighted by Gasteiger charge is -2.10. The zero-order chi connectivity index (χ0) is 18.8. The van der Waals surface area contributed by atoms with Gasteiger partial charge < -0.3 is 5.32 Å². The van der Waals surface area contributed by atoms with Crippen LogP contribution in [0, 0.1) is 6.92 Å². The number of hydrogen-bond acceptors (Lipinski definition) is 3. The van der Waals surface area contributed by atoms with Crippen molar-refractivity contribution in [3.05, 3.63) is 94.0 Å². The third-order valence-electron chi connectivity index (χ3n) is 4.54. The number of carbonyl (C=O) groups is 1. The monoisotopic (exact) mass is 358 g/mol. The number of para-hydroxylation sites is 1. The summed E-state index contributed by atoms with van der Waals surface area (Å²) in [6, 6.07) is 18.3. The molecule has 4 rings (SSSR count). The van der Waals surface area contributed by atoms with Crippen molar-refractivity contribution >= 4 is 16.8 Å². The summed E-state index contributed by atoms with van der Waals surface area (Å²) in [5.41, 5.74) is 3.59. The number of rotatable bonds is 4. The Bertz CT molecular complexity index is 1180. The first-order valence-electron chi connectivity index (χ1n) is 8.62. The molecule has 0 saturated carbocycles. The Kier molecular flexibility index (Phi) is 4.30. The van der Waals surface area contributed by atoms with Crippen LogP contribution < -0.4 is 10.9 Å². The molecule has 0 radical (unpaired) electrons. The molecule has 0 fully saturated rings. The van der Waals surface area contributed by atoms with E-state index in [0.717, 1.165) is 22.0 Å². The summed E-state index contributed by atoms with van der Waals surface area (Å²) in [5, 5.41) is 6.76.